The number of amides is 1. The highest BCUT2D eigenvalue weighted by molar-refractivity contribution is 7.98. The smallest absolute Gasteiger partial charge is 0.258 e. The Balaban J connectivity index is 1.72. The van der Waals surface area contributed by atoms with Gasteiger partial charge in [0.15, 0.2) is 5.16 Å². The van der Waals surface area contributed by atoms with E-state index < -0.39 is 0 Å². The van der Waals surface area contributed by atoms with Crippen molar-refractivity contribution < 1.29 is 9.53 Å². The molecule has 1 heterocycles. The molecule has 148 valence electrons. The number of benzene rings is 2. The van der Waals surface area contributed by atoms with Crippen molar-refractivity contribution in [3.63, 3.8) is 0 Å². The van der Waals surface area contributed by atoms with Crippen LogP contribution in [0.4, 0.5) is 5.69 Å². The van der Waals surface area contributed by atoms with Crippen molar-refractivity contribution in [2.45, 2.75) is 24.3 Å². The first-order valence-corrected chi connectivity index (χ1v) is 10.2. The summed E-state index contributed by atoms with van der Waals surface area (Å²) in [7, 11) is 0. The number of hydrogen-bond acceptors (Lipinski definition) is 6. The lowest BCUT2D eigenvalue weighted by Gasteiger charge is -2.22. The Bertz CT molecular complexity index is 950. The zero-order chi connectivity index (χ0) is 20.5. The molecule has 29 heavy (non-hydrogen) atoms. The second kappa shape index (κ2) is 10.3. The highest BCUT2D eigenvalue weighted by Crippen LogP contribution is 2.23. The van der Waals surface area contributed by atoms with Crippen molar-refractivity contribution in [2.75, 3.05) is 18.1 Å². The number of carbonyl (C=O) groups excluding carboxylic acids is 1. The maximum atomic E-state index is 13.1. The number of nitrogens with zero attached hydrogens (tertiary/aromatic N) is 4. The molecule has 7 nitrogen and oxygen atoms in total. The maximum absolute atomic E-state index is 13.1. The number of ether oxygens (including phenoxy) is 1. The highest BCUT2D eigenvalue weighted by atomic mass is 32.2. The van der Waals surface area contributed by atoms with Crippen molar-refractivity contribution in [1.29, 1.82) is 5.26 Å². The number of carbonyl (C=O) groups is 1. The first-order chi connectivity index (χ1) is 14.2. The number of thioether (sulfide) groups is 1. The summed E-state index contributed by atoms with van der Waals surface area (Å²) in [6.07, 6.45) is 1.73. The Kier molecular flexibility index (Phi) is 7.25. The number of anilines is 1. The molecule has 8 heteroatoms. The molecule has 3 rings (SSSR count). The fraction of sp³-hybridized carbons (Fsp3) is 0.238. The van der Waals surface area contributed by atoms with E-state index in [1.807, 2.05) is 55.5 Å². The number of hydrogen-bond donors (Lipinski definition) is 1. The summed E-state index contributed by atoms with van der Waals surface area (Å²) in [6, 6.07) is 16.9. The van der Waals surface area contributed by atoms with Crippen molar-refractivity contribution >= 4 is 23.4 Å². The number of rotatable bonds is 9. The van der Waals surface area contributed by atoms with Gasteiger partial charge in [-0.1, -0.05) is 23.9 Å². The molecule has 0 aliphatic heterocycles. The molecule has 0 saturated carbocycles. The predicted octanol–water partition coefficient (Wildman–Crippen LogP) is 4.06. The van der Waals surface area contributed by atoms with Crippen LogP contribution in [0.5, 0.6) is 5.75 Å². The van der Waals surface area contributed by atoms with E-state index in [-0.39, 0.29) is 12.3 Å². The number of aromatic nitrogens is 3. The molecule has 0 bridgehead atoms. The van der Waals surface area contributed by atoms with Crippen molar-refractivity contribution in [3.8, 4) is 11.8 Å². The summed E-state index contributed by atoms with van der Waals surface area (Å²) in [6.45, 7) is 2.83. The average Bonchev–Trinajstić information content (AvgIpc) is 3.28. The highest BCUT2D eigenvalue weighted by Gasteiger charge is 2.17. The van der Waals surface area contributed by atoms with Crippen molar-refractivity contribution in [1.82, 2.24) is 15.2 Å². The molecule has 0 aliphatic carbocycles. The van der Waals surface area contributed by atoms with Gasteiger partial charge in [0.25, 0.3) is 5.91 Å². The van der Waals surface area contributed by atoms with Crippen LogP contribution in [0.1, 0.15) is 29.3 Å². The molecule has 0 aliphatic rings. The lowest BCUT2D eigenvalue weighted by atomic mass is 10.1. The first kappa shape index (κ1) is 20.4. The van der Waals surface area contributed by atoms with E-state index in [2.05, 4.69) is 21.3 Å². The lowest BCUT2D eigenvalue weighted by Crippen LogP contribution is -2.31. The third-order valence-corrected chi connectivity index (χ3v) is 5.07. The van der Waals surface area contributed by atoms with E-state index in [1.54, 1.807) is 16.7 Å². The number of nitriles is 1. The average molecular weight is 407 g/mol. The largest absolute Gasteiger partial charge is 0.494 e. The van der Waals surface area contributed by atoms with Gasteiger partial charge in [-0.05, 0) is 48.9 Å². The second-order valence-corrected chi connectivity index (χ2v) is 7.03. The summed E-state index contributed by atoms with van der Waals surface area (Å²) in [5, 5.41) is 16.4. The van der Waals surface area contributed by atoms with Crippen LogP contribution < -0.4 is 9.64 Å². The Morgan fingerprint density at radius 2 is 1.97 bits per heavy atom. The van der Waals surface area contributed by atoms with Crippen molar-refractivity contribution in [2.24, 2.45) is 0 Å². The van der Waals surface area contributed by atoms with Gasteiger partial charge in [0.1, 0.15) is 12.1 Å². The molecular weight excluding hydrogens is 386 g/mol. The van der Waals surface area contributed by atoms with E-state index in [4.69, 9.17) is 10.00 Å². The maximum Gasteiger partial charge on any atom is 0.258 e. The van der Waals surface area contributed by atoms with Gasteiger partial charge in [-0.3, -0.25) is 9.89 Å². The molecular formula is C21H21N5O2S. The quantitative estimate of drug-likeness (QED) is 0.538. The molecule has 0 spiro atoms. The van der Waals surface area contributed by atoms with Crippen LogP contribution in [0.25, 0.3) is 0 Å². The molecule has 3 aromatic rings. The Labute approximate surface area is 173 Å². The van der Waals surface area contributed by atoms with Crippen LogP contribution >= 0.6 is 11.8 Å². The number of aromatic amines is 1. The van der Waals surface area contributed by atoms with Gasteiger partial charge in [0.2, 0.25) is 0 Å². The monoisotopic (exact) mass is 407 g/mol. The fourth-order valence-electron chi connectivity index (χ4n) is 2.71. The van der Waals surface area contributed by atoms with Gasteiger partial charge in [0.05, 0.1) is 19.1 Å². The Hall–Kier alpha value is -3.31. The topological polar surface area (TPSA) is 94.9 Å². The minimum atomic E-state index is -0.140. The van der Waals surface area contributed by atoms with Crippen LogP contribution in [0.2, 0.25) is 0 Å². The van der Waals surface area contributed by atoms with Crippen LogP contribution in [-0.2, 0) is 5.75 Å². The number of nitrogens with one attached hydrogen (secondary N) is 1. The standard InChI is InChI=1S/C21H21N5O2S/c1-2-28-19-10-8-18(9-11-19)26(13-3-12-22)20(27)17-6-4-16(5-7-17)14-29-21-23-15-24-25-21/h4-11,15H,2-3,13-14H2,1H3,(H,23,24,25). The molecule has 0 unspecified atom stereocenters. The zero-order valence-electron chi connectivity index (χ0n) is 16.0. The number of H-pyrrole nitrogens is 1. The third kappa shape index (κ3) is 5.59. The Morgan fingerprint density at radius 3 is 2.59 bits per heavy atom. The molecule has 1 amide bonds. The normalized spacial score (nSPS) is 10.3. The van der Waals surface area contributed by atoms with E-state index in [9.17, 15) is 4.79 Å². The summed E-state index contributed by atoms with van der Waals surface area (Å²) in [5.74, 6) is 1.33. The minimum Gasteiger partial charge on any atom is -0.494 e. The van der Waals surface area contributed by atoms with Crippen LogP contribution in [0.3, 0.4) is 0 Å². The van der Waals surface area contributed by atoms with Gasteiger partial charge in [-0.15, -0.1) is 0 Å². The molecule has 0 fully saturated rings. The van der Waals surface area contributed by atoms with Gasteiger partial charge < -0.3 is 9.64 Å². The van der Waals surface area contributed by atoms with E-state index in [0.29, 0.717) is 18.7 Å². The summed E-state index contributed by atoms with van der Waals surface area (Å²) < 4.78 is 5.46. The van der Waals surface area contributed by atoms with E-state index in [1.165, 1.54) is 6.33 Å². The van der Waals surface area contributed by atoms with Crippen LogP contribution in [0, 0.1) is 11.3 Å². The first-order valence-electron chi connectivity index (χ1n) is 9.20. The van der Waals surface area contributed by atoms with E-state index in [0.717, 1.165) is 27.9 Å². The van der Waals surface area contributed by atoms with Gasteiger partial charge in [0, 0.05) is 23.5 Å². The van der Waals surface area contributed by atoms with Gasteiger partial charge in [-0.2, -0.15) is 10.4 Å². The van der Waals surface area contributed by atoms with Crippen LogP contribution in [0.15, 0.2) is 60.0 Å². The SMILES string of the molecule is CCOc1ccc(N(CCC#N)C(=O)c2ccc(CSc3ncn[nH]3)cc2)cc1. The molecule has 2 aromatic carbocycles. The van der Waals surface area contributed by atoms with Gasteiger partial charge >= 0.3 is 0 Å². The van der Waals surface area contributed by atoms with Crippen molar-refractivity contribution in [3.05, 3.63) is 66.0 Å². The second-order valence-electron chi connectivity index (χ2n) is 6.07. The minimum absolute atomic E-state index is 0.140. The fourth-order valence-corrected chi connectivity index (χ4v) is 3.45. The predicted molar refractivity (Wildman–Crippen MR) is 112 cm³/mol. The molecule has 1 aromatic heterocycles. The molecule has 0 saturated heterocycles. The molecule has 1 N–H and O–H groups in total. The third-order valence-electron chi connectivity index (χ3n) is 4.12. The Morgan fingerprint density at radius 1 is 1.21 bits per heavy atom. The zero-order valence-corrected chi connectivity index (χ0v) is 16.9. The van der Waals surface area contributed by atoms with Crippen LogP contribution in [-0.4, -0.2) is 34.2 Å². The van der Waals surface area contributed by atoms with E-state index >= 15 is 0 Å². The summed E-state index contributed by atoms with van der Waals surface area (Å²) >= 11 is 1.54. The summed E-state index contributed by atoms with van der Waals surface area (Å²) in [4.78, 5) is 18.8. The summed E-state index contributed by atoms with van der Waals surface area (Å²) in [5.41, 5.74) is 2.39. The molecule has 0 atom stereocenters. The lowest BCUT2D eigenvalue weighted by molar-refractivity contribution is 0.0987. The van der Waals surface area contributed by atoms with Gasteiger partial charge in [-0.25, -0.2) is 4.98 Å². The molecule has 0 radical (unpaired) electrons.